The van der Waals surface area contributed by atoms with Crippen molar-refractivity contribution in [2.45, 2.75) is 13.0 Å². The number of ketones is 2. The van der Waals surface area contributed by atoms with Crippen molar-refractivity contribution in [2.75, 3.05) is 0 Å². The second-order valence-electron chi connectivity index (χ2n) is 5.28. The average molecular weight is 292 g/mol. The van der Waals surface area contributed by atoms with E-state index in [0.29, 0.717) is 22.5 Å². The number of fused-ring (bicyclic) bond motifs is 2. The highest BCUT2D eigenvalue weighted by molar-refractivity contribution is 6.27. The third-order valence-electron chi connectivity index (χ3n) is 4.00. The summed E-state index contributed by atoms with van der Waals surface area (Å²) in [5.41, 5.74) is 1.17. The normalized spacial score (nSPS) is 14.6. The number of rotatable bonds is 2. The van der Waals surface area contributed by atoms with Gasteiger partial charge >= 0.3 is 0 Å². The van der Waals surface area contributed by atoms with Crippen LogP contribution in [0.4, 0.5) is 0 Å². The summed E-state index contributed by atoms with van der Waals surface area (Å²) in [7, 11) is 0. The molecule has 0 bridgehead atoms. The summed E-state index contributed by atoms with van der Waals surface area (Å²) >= 11 is 0. The van der Waals surface area contributed by atoms with Crippen LogP contribution in [0.5, 0.6) is 0 Å². The second kappa shape index (κ2) is 4.53. The van der Waals surface area contributed by atoms with Gasteiger partial charge in [-0.15, -0.1) is 0 Å². The molecule has 0 saturated heterocycles. The molecule has 0 amide bonds. The summed E-state index contributed by atoms with van der Waals surface area (Å²) in [6.45, 7) is 1.92. The fourth-order valence-electron chi connectivity index (χ4n) is 2.75. The molecular weight excluding hydrogens is 280 g/mol. The summed E-state index contributed by atoms with van der Waals surface area (Å²) in [6, 6.07) is 8.34. The molecule has 2 heterocycles. The van der Waals surface area contributed by atoms with Gasteiger partial charge in [-0.25, -0.2) is 4.98 Å². The molecule has 1 aliphatic carbocycles. The molecule has 4 rings (SSSR count). The van der Waals surface area contributed by atoms with E-state index in [2.05, 4.69) is 4.98 Å². The highest BCUT2D eigenvalue weighted by Crippen LogP contribution is 2.32. The Bertz CT molecular complexity index is 838. The number of imidazole rings is 1. The Morgan fingerprint density at radius 3 is 2.50 bits per heavy atom. The van der Waals surface area contributed by atoms with Gasteiger partial charge in [0.05, 0.1) is 17.9 Å². The molecular formula is C17H12N2O3. The number of nitrogens with zero attached hydrogens (tertiary/aromatic N) is 2. The molecule has 0 spiro atoms. The molecule has 1 aromatic carbocycles. The van der Waals surface area contributed by atoms with E-state index in [1.165, 1.54) is 0 Å². The van der Waals surface area contributed by atoms with Gasteiger partial charge in [-0.05, 0) is 13.0 Å². The van der Waals surface area contributed by atoms with Gasteiger partial charge in [0.2, 0.25) is 5.78 Å². The van der Waals surface area contributed by atoms with Crippen LogP contribution in [-0.4, -0.2) is 21.1 Å². The summed E-state index contributed by atoms with van der Waals surface area (Å²) in [6.07, 6.45) is 5.15. The van der Waals surface area contributed by atoms with Gasteiger partial charge in [-0.3, -0.25) is 9.59 Å². The van der Waals surface area contributed by atoms with Gasteiger partial charge in [-0.1, -0.05) is 24.3 Å². The first kappa shape index (κ1) is 12.8. The number of aromatic nitrogens is 2. The zero-order valence-electron chi connectivity index (χ0n) is 11.8. The third-order valence-corrected chi connectivity index (χ3v) is 4.00. The highest BCUT2D eigenvalue weighted by Gasteiger charge is 2.34. The third kappa shape index (κ3) is 1.69. The van der Waals surface area contributed by atoms with Crippen LogP contribution >= 0.6 is 0 Å². The van der Waals surface area contributed by atoms with E-state index in [4.69, 9.17) is 4.42 Å². The predicted octanol–water partition coefficient (Wildman–Crippen LogP) is 2.86. The van der Waals surface area contributed by atoms with Gasteiger partial charge in [-0.2, -0.15) is 0 Å². The first-order valence-electron chi connectivity index (χ1n) is 6.96. The molecule has 0 fully saturated rings. The largest absolute Gasteiger partial charge is 0.455 e. The molecule has 1 aliphatic rings. The molecule has 0 radical (unpaired) electrons. The molecule has 1 atom stereocenters. The SMILES string of the molecule is CC(c1cc2c(o1)C(=O)c1ccccc1C2=O)n1ccnc1. The highest BCUT2D eigenvalue weighted by atomic mass is 16.4. The fourth-order valence-corrected chi connectivity index (χ4v) is 2.75. The average Bonchev–Trinajstić information content (AvgIpc) is 3.21. The van der Waals surface area contributed by atoms with Crippen LogP contribution in [0.25, 0.3) is 0 Å². The molecule has 5 nitrogen and oxygen atoms in total. The van der Waals surface area contributed by atoms with Crippen LogP contribution in [-0.2, 0) is 0 Å². The van der Waals surface area contributed by atoms with Crippen molar-refractivity contribution in [3.8, 4) is 0 Å². The molecule has 5 heteroatoms. The maximum atomic E-state index is 12.5. The number of carbonyl (C=O) groups is 2. The van der Waals surface area contributed by atoms with Crippen LogP contribution in [0.2, 0.25) is 0 Å². The van der Waals surface area contributed by atoms with E-state index in [1.807, 2.05) is 17.7 Å². The number of hydrogen-bond acceptors (Lipinski definition) is 4. The minimum absolute atomic E-state index is 0.130. The van der Waals surface area contributed by atoms with Crippen molar-refractivity contribution in [1.82, 2.24) is 9.55 Å². The Morgan fingerprint density at radius 1 is 1.09 bits per heavy atom. The second-order valence-corrected chi connectivity index (χ2v) is 5.28. The van der Waals surface area contributed by atoms with Gasteiger partial charge in [0.15, 0.2) is 11.5 Å². The molecule has 108 valence electrons. The van der Waals surface area contributed by atoms with E-state index >= 15 is 0 Å². The van der Waals surface area contributed by atoms with Gasteiger partial charge < -0.3 is 8.98 Å². The first-order chi connectivity index (χ1) is 10.7. The maximum absolute atomic E-state index is 12.5. The Balaban J connectivity index is 1.83. The number of furan rings is 1. The zero-order valence-corrected chi connectivity index (χ0v) is 11.8. The summed E-state index contributed by atoms with van der Waals surface area (Å²) < 4.78 is 7.57. The number of hydrogen-bond donors (Lipinski definition) is 0. The van der Waals surface area contributed by atoms with E-state index < -0.39 is 0 Å². The van der Waals surface area contributed by atoms with Crippen molar-refractivity contribution < 1.29 is 14.0 Å². The van der Waals surface area contributed by atoms with Crippen molar-refractivity contribution >= 4 is 11.6 Å². The Hall–Kier alpha value is -2.95. The monoisotopic (exact) mass is 292 g/mol. The minimum Gasteiger partial charge on any atom is -0.455 e. The molecule has 2 aromatic heterocycles. The molecule has 1 unspecified atom stereocenters. The summed E-state index contributed by atoms with van der Waals surface area (Å²) in [5, 5.41) is 0. The quantitative estimate of drug-likeness (QED) is 0.570. The van der Waals surface area contributed by atoms with E-state index in [0.717, 1.165) is 0 Å². The van der Waals surface area contributed by atoms with E-state index in [1.54, 1.807) is 42.9 Å². The minimum atomic E-state index is -0.241. The molecule has 3 aromatic rings. The molecule has 0 N–H and O–H groups in total. The lowest BCUT2D eigenvalue weighted by Gasteiger charge is -2.12. The maximum Gasteiger partial charge on any atom is 0.229 e. The van der Waals surface area contributed by atoms with Crippen LogP contribution in [0, 0.1) is 0 Å². The van der Waals surface area contributed by atoms with Crippen molar-refractivity contribution in [1.29, 1.82) is 0 Å². The summed E-state index contributed by atoms with van der Waals surface area (Å²) in [4.78, 5) is 29.1. The zero-order chi connectivity index (χ0) is 15.3. The smallest absolute Gasteiger partial charge is 0.229 e. The molecule has 0 saturated carbocycles. The number of carbonyl (C=O) groups excluding carboxylic acids is 2. The molecule has 0 aliphatic heterocycles. The molecule has 22 heavy (non-hydrogen) atoms. The predicted molar refractivity (Wildman–Crippen MR) is 78.1 cm³/mol. The van der Waals surface area contributed by atoms with Crippen molar-refractivity contribution in [2.24, 2.45) is 0 Å². The Morgan fingerprint density at radius 2 is 1.82 bits per heavy atom. The summed E-state index contributed by atoms with van der Waals surface area (Å²) in [5.74, 6) is 0.287. The van der Waals surface area contributed by atoms with Crippen LogP contribution in [0.3, 0.4) is 0 Å². The number of benzene rings is 1. The standard InChI is InChI=1S/C17H12N2O3/c1-10(19-7-6-18-9-19)14-8-13-15(20)11-4-2-3-5-12(11)16(21)17(13)22-14/h2-10H,1H3. The van der Waals surface area contributed by atoms with Crippen LogP contribution in [0.15, 0.2) is 53.5 Å². The lowest BCUT2D eigenvalue weighted by atomic mass is 9.88. The topological polar surface area (TPSA) is 65.1 Å². The lowest BCUT2D eigenvalue weighted by molar-refractivity contribution is 0.0959. The first-order valence-corrected chi connectivity index (χ1v) is 6.96. The van der Waals surface area contributed by atoms with E-state index in [9.17, 15) is 9.59 Å². The Labute approximate surface area is 126 Å². The van der Waals surface area contributed by atoms with Crippen LogP contribution in [0.1, 0.15) is 50.8 Å². The fraction of sp³-hybridized carbons (Fsp3) is 0.118. The van der Waals surface area contributed by atoms with Gasteiger partial charge in [0, 0.05) is 23.5 Å². The van der Waals surface area contributed by atoms with Crippen LogP contribution < -0.4 is 0 Å². The van der Waals surface area contributed by atoms with Gasteiger partial charge in [0.1, 0.15) is 5.76 Å². The van der Waals surface area contributed by atoms with Gasteiger partial charge in [0.25, 0.3) is 0 Å². The lowest BCUT2D eigenvalue weighted by Crippen LogP contribution is -2.18. The van der Waals surface area contributed by atoms with E-state index in [-0.39, 0.29) is 23.4 Å². The van der Waals surface area contributed by atoms with Crippen molar-refractivity contribution in [3.63, 3.8) is 0 Å². The Kier molecular flexibility index (Phi) is 2.63. The van der Waals surface area contributed by atoms with Crippen molar-refractivity contribution in [3.05, 3.63) is 77.3 Å².